The lowest BCUT2D eigenvalue weighted by Crippen LogP contribution is -2.30. The molecular formula is C18H16F3N5O. The first-order valence-electron chi connectivity index (χ1n) is 8.00. The van der Waals surface area contributed by atoms with Gasteiger partial charge in [0.15, 0.2) is 0 Å². The van der Waals surface area contributed by atoms with E-state index in [9.17, 15) is 18.0 Å². The Hall–Kier alpha value is -3.36. The van der Waals surface area contributed by atoms with Gasteiger partial charge in [0.2, 0.25) is 0 Å². The van der Waals surface area contributed by atoms with Crippen LogP contribution in [0.25, 0.3) is 0 Å². The van der Waals surface area contributed by atoms with Crippen molar-refractivity contribution in [1.82, 2.24) is 20.5 Å². The van der Waals surface area contributed by atoms with Crippen LogP contribution in [0.5, 0.6) is 0 Å². The van der Waals surface area contributed by atoms with Gasteiger partial charge in [0.05, 0.1) is 17.8 Å². The first-order valence-corrected chi connectivity index (χ1v) is 8.00. The topological polar surface area (TPSA) is 82.7 Å². The average Bonchev–Trinajstić information content (AvgIpc) is 3.20. The number of pyridine rings is 1. The Morgan fingerprint density at radius 2 is 1.93 bits per heavy atom. The zero-order valence-electron chi connectivity index (χ0n) is 14.2. The van der Waals surface area contributed by atoms with Crippen molar-refractivity contribution >= 4 is 11.7 Å². The summed E-state index contributed by atoms with van der Waals surface area (Å²) in [4.78, 5) is 16.8. The molecule has 9 heteroatoms. The van der Waals surface area contributed by atoms with Gasteiger partial charge in [-0.15, -0.1) is 0 Å². The number of hydrogen-bond donors (Lipinski definition) is 3. The van der Waals surface area contributed by atoms with Crippen LogP contribution in [0.15, 0.2) is 54.9 Å². The van der Waals surface area contributed by atoms with E-state index in [0.29, 0.717) is 11.4 Å². The Morgan fingerprint density at radius 3 is 2.59 bits per heavy atom. The van der Waals surface area contributed by atoms with Gasteiger partial charge < -0.3 is 10.6 Å². The molecule has 0 aliphatic carbocycles. The number of alkyl halides is 3. The fraction of sp³-hybridized carbons (Fsp3) is 0.167. The molecule has 2 heterocycles. The van der Waals surface area contributed by atoms with Gasteiger partial charge >= 0.3 is 6.18 Å². The van der Waals surface area contributed by atoms with Gasteiger partial charge in [0.1, 0.15) is 11.5 Å². The minimum Gasteiger partial charge on any atom is -0.373 e. The van der Waals surface area contributed by atoms with Gasteiger partial charge in [-0.05, 0) is 29.8 Å². The second-order valence-electron chi connectivity index (χ2n) is 5.72. The minimum atomic E-state index is -4.48. The number of benzene rings is 1. The summed E-state index contributed by atoms with van der Waals surface area (Å²) in [5.41, 5.74) is 0.150. The number of halogens is 3. The summed E-state index contributed by atoms with van der Waals surface area (Å²) in [6, 6.07) is 8.86. The zero-order valence-corrected chi connectivity index (χ0v) is 14.2. The summed E-state index contributed by atoms with van der Waals surface area (Å²) >= 11 is 0. The number of carbonyl (C=O) groups excluding carboxylic acids is 1. The van der Waals surface area contributed by atoms with Gasteiger partial charge in [-0.2, -0.15) is 18.3 Å². The lowest BCUT2D eigenvalue weighted by Gasteiger charge is -2.19. The number of H-pyrrole nitrogens is 1. The monoisotopic (exact) mass is 375 g/mol. The molecule has 1 unspecified atom stereocenters. The molecule has 3 N–H and O–H groups in total. The van der Waals surface area contributed by atoms with Crippen molar-refractivity contribution in [3.8, 4) is 0 Å². The molecule has 0 fully saturated rings. The molecule has 27 heavy (non-hydrogen) atoms. The van der Waals surface area contributed by atoms with E-state index in [2.05, 4.69) is 25.8 Å². The summed E-state index contributed by atoms with van der Waals surface area (Å²) in [5, 5.41) is 12.0. The van der Waals surface area contributed by atoms with E-state index in [1.807, 2.05) is 0 Å². The summed E-state index contributed by atoms with van der Waals surface area (Å²) in [6.45, 7) is 0. The Morgan fingerprint density at radius 1 is 1.15 bits per heavy atom. The van der Waals surface area contributed by atoms with Crippen molar-refractivity contribution in [2.24, 2.45) is 0 Å². The van der Waals surface area contributed by atoms with E-state index in [4.69, 9.17) is 0 Å². The predicted octanol–water partition coefficient (Wildman–Crippen LogP) is 3.38. The number of amides is 1. The first-order chi connectivity index (χ1) is 12.9. The van der Waals surface area contributed by atoms with E-state index in [1.54, 1.807) is 19.2 Å². The van der Waals surface area contributed by atoms with Crippen LogP contribution >= 0.6 is 0 Å². The molecule has 1 aromatic carbocycles. The fourth-order valence-corrected chi connectivity index (χ4v) is 2.58. The second kappa shape index (κ2) is 7.48. The van der Waals surface area contributed by atoms with Crippen LogP contribution in [-0.4, -0.2) is 28.1 Å². The van der Waals surface area contributed by atoms with Crippen LogP contribution in [0.1, 0.15) is 33.2 Å². The normalized spacial score (nSPS) is 12.4. The molecule has 0 aliphatic heterocycles. The average molecular weight is 375 g/mol. The van der Waals surface area contributed by atoms with Gasteiger partial charge in [-0.25, -0.2) is 4.98 Å². The number of nitrogens with zero attached hydrogens (tertiary/aromatic N) is 2. The SMILES string of the molecule is CNc1cccc(C(=O)NC(c2cn[nH]c2)c2cccc(C(F)(F)F)c2)n1. The van der Waals surface area contributed by atoms with Crippen LogP contribution in [0, 0.1) is 0 Å². The number of carbonyl (C=O) groups is 1. The smallest absolute Gasteiger partial charge is 0.373 e. The van der Waals surface area contributed by atoms with Gasteiger partial charge in [0, 0.05) is 18.8 Å². The predicted molar refractivity (Wildman–Crippen MR) is 93.1 cm³/mol. The molecule has 3 aromatic rings. The van der Waals surface area contributed by atoms with Crippen LogP contribution in [0.3, 0.4) is 0 Å². The quantitative estimate of drug-likeness (QED) is 0.638. The maximum absolute atomic E-state index is 13.1. The Kier molecular flexibility index (Phi) is 5.11. The molecular weight excluding hydrogens is 359 g/mol. The number of hydrogen-bond acceptors (Lipinski definition) is 4. The second-order valence-corrected chi connectivity index (χ2v) is 5.72. The van der Waals surface area contributed by atoms with Gasteiger partial charge in [-0.3, -0.25) is 9.89 Å². The maximum Gasteiger partial charge on any atom is 0.416 e. The molecule has 0 saturated heterocycles. The van der Waals surface area contributed by atoms with Crippen molar-refractivity contribution in [2.45, 2.75) is 12.2 Å². The van der Waals surface area contributed by atoms with E-state index in [-0.39, 0.29) is 11.3 Å². The molecule has 2 aromatic heterocycles. The minimum absolute atomic E-state index is 0.141. The van der Waals surface area contributed by atoms with Gasteiger partial charge in [-0.1, -0.05) is 18.2 Å². The van der Waals surface area contributed by atoms with Crippen LogP contribution in [-0.2, 0) is 6.18 Å². The summed E-state index contributed by atoms with van der Waals surface area (Å²) < 4.78 is 39.2. The van der Waals surface area contributed by atoms with Crippen molar-refractivity contribution in [1.29, 1.82) is 0 Å². The highest BCUT2D eigenvalue weighted by molar-refractivity contribution is 5.93. The van der Waals surface area contributed by atoms with Crippen molar-refractivity contribution in [3.63, 3.8) is 0 Å². The number of nitrogens with one attached hydrogen (secondary N) is 3. The van der Waals surface area contributed by atoms with Gasteiger partial charge in [0.25, 0.3) is 5.91 Å². The van der Waals surface area contributed by atoms with Crippen molar-refractivity contribution < 1.29 is 18.0 Å². The zero-order chi connectivity index (χ0) is 19.4. The molecule has 0 radical (unpaired) electrons. The third-order valence-corrected chi connectivity index (χ3v) is 3.91. The van der Waals surface area contributed by atoms with E-state index in [0.717, 1.165) is 12.1 Å². The Labute approximate surface area is 152 Å². The van der Waals surface area contributed by atoms with Crippen LogP contribution in [0.2, 0.25) is 0 Å². The Balaban J connectivity index is 1.95. The summed E-state index contributed by atoms with van der Waals surface area (Å²) in [7, 11) is 1.67. The molecule has 0 spiro atoms. The molecule has 1 amide bonds. The lowest BCUT2D eigenvalue weighted by molar-refractivity contribution is -0.137. The molecule has 140 valence electrons. The molecule has 6 nitrogen and oxygen atoms in total. The molecule has 1 atom stereocenters. The summed E-state index contributed by atoms with van der Waals surface area (Å²) in [6.07, 6.45) is -1.52. The number of aromatic nitrogens is 3. The largest absolute Gasteiger partial charge is 0.416 e. The van der Waals surface area contributed by atoms with Crippen LogP contribution < -0.4 is 10.6 Å². The molecule has 0 bridgehead atoms. The van der Waals surface area contributed by atoms with E-state index < -0.39 is 23.7 Å². The van der Waals surface area contributed by atoms with E-state index in [1.165, 1.54) is 30.6 Å². The highest BCUT2D eigenvalue weighted by Gasteiger charge is 2.31. The molecule has 3 rings (SSSR count). The molecule has 0 aliphatic rings. The van der Waals surface area contributed by atoms with E-state index >= 15 is 0 Å². The lowest BCUT2D eigenvalue weighted by atomic mass is 9.99. The van der Waals surface area contributed by atoms with Crippen molar-refractivity contribution in [2.75, 3.05) is 12.4 Å². The third kappa shape index (κ3) is 4.25. The number of aromatic amines is 1. The molecule has 0 saturated carbocycles. The standard InChI is InChI=1S/C18H16F3N5O/c1-22-15-7-3-6-14(25-15)17(27)26-16(12-9-23-24-10-12)11-4-2-5-13(8-11)18(19,20)21/h2-10,16H,1H3,(H,22,25)(H,23,24)(H,26,27). The first kappa shape index (κ1) is 18.4. The third-order valence-electron chi connectivity index (χ3n) is 3.91. The highest BCUT2D eigenvalue weighted by atomic mass is 19.4. The fourth-order valence-electron chi connectivity index (χ4n) is 2.58. The Bertz CT molecular complexity index is 925. The van der Waals surface area contributed by atoms with Crippen LogP contribution in [0.4, 0.5) is 19.0 Å². The summed E-state index contributed by atoms with van der Waals surface area (Å²) in [5.74, 6) is -0.0164. The maximum atomic E-state index is 13.1. The number of rotatable bonds is 5. The number of anilines is 1. The highest BCUT2D eigenvalue weighted by Crippen LogP contribution is 2.32. The van der Waals surface area contributed by atoms with Crippen molar-refractivity contribution in [3.05, 3.63) is 77.2 Å².